The number of nitrogens with two attached hydrogens (primary N) is 1. The average Bonchev–Trinajstić information content (AvgIpc) is 3.37. The van der Waals surface area contributed by atoms with Crippen LogP contribution in [0.2, 0.25) is 0 Å². The molecule has 0 bridgehead atoms. The molecule has 1 aliphatic carbocycles. The second-order valence-electron chi connectivity index (χ2n) is 6.76. The Labute approximate surface area is 138 Å². The third-order valence-corrected chi connectivity index (χ3v) is 4.35. The SMILES string of the molecule is CC(C)C(N)CCN(C)C(=O)c1ccc(NC(=O)C2CC2)cc1. The van der Waals surface area contributed by atoms with Crippen LogP contribution in [0.15, 0.2) is 24.3 Å². The van der Waals surface area contributed by atoms with E-state index in [0.29, 0.717) is 18.0 Å². The highest BCUT2D eigenvalue weighted by Gasteiger charge is 2.29. The van der Waals surface area contributed by atoms with Crippen LogP contribution in [0.3, 0.4) is 0 Å². The molecule has 0 radical (unpaired) electrons. The minimum Gasteiger partial charge on any atom is -0.342 e. The Morgan fingerprint density at radius 2 is 1.87 bits per heavy atom. The molecular weight excluding hydrogens is 290 g/mol. The van der Waals surface area contributed by atoms with Crippen molar-refractivity contribution in [2.24, 2.45) is 17.6 Å². The molecule has 1 unspecified atom stereocenters. The van der Waals surface area contributed by atoms with Crippen LogP contribution in [-0.2, 0) is 4.79 Å². The van der Waals surface area contributed by atoms with Gasteiger partial charge in [0.25, 0.3) is 5.91 Å². The lowest BCUT2D eigenvalue weighted by atomic mass is 10.0. The highest BCUT2D eigenvalue weighted by Crippen LogP contribution is 2.30. The first-order valence-corrected chi connectivity index (χ1v) is 8.30. The summed E-state index contributed by atoms with van der Waals surface area (Å²) in [5.41, 5.74) is 7.38. The molecule has 5 heteroatoms. The first-order valence-electron chi connectivity index (χ1n) is 8.30. The molecule has 1 aliphatic rings. The summed E-state index contributed by atoms with van der Waals surface area (Å²) in [5, 5.41) is 2.87. The lowest BCUT2D eigenvalue weighted by Gasteiger charge is -2.21. The van der Waals surface area contributed by atoms with Gasteiger partial charge in [0.2, 0.25) is 5.91 Å². The summed E-state index contributed by atoms with van der Waals surface area (Å²) < 4.78 is 0. The molecule has 0 aromatic heterocycles. The Kier molecular flexibility index (Phi) is 5.77. The molecule has 0 spiro atoms. The molecule has 5 nitrogen and oxygen atoms in total. The van der Waals surface area contributed by atoms with Crippen LogP contribution >= 0.6 is 0 Å². The van der Waals surface area contributed by atoms with Crippen molar-refractivity contribution in [3.63, 3.8) is 0 Å². The maximum absolute atomic E-state index is 12.4. The lowest BCUT2D eigenvalue weighted by Crippen LogP contribution is -2.34. The fourth-order valence-corrected chi connectivity index (χ4v) is 2.28. The summed E-state index contributed by atoms with van der Waals surface area (Å²) in [6.45, 7) is 4.81. The minimum absolute atomic E-state index is 0.0268. The van der Waals surface area contributed by atoms with E-state index >= 15 is 0 Å². The molecule has 1 fully saturated rings. The predicted molar refractivity (Wildman–Crippen MR) is 92.2 cm³/mol. The Balaban J connectivity index is 1.87. The zero-order valence-electron chi connectivity index (χ0n) is 14.2. The Hall–Kier alpha value is -1.88. The number of carbonyl (C=O) groups excluding carboxylic acids is 2. The molecular formula is C18H27N3O2. The summed E-state index contributed by atoms with van der Waals surface area (Å²) in [7, 11) is 1.79. The quantitative estimate of drug-likeness (QED) is 0.811. The van der Waals surface area contributed by atoms with Crippen molar-refractivity contribution in [1.29, 1.82) is 0 Å². The molecule has 0 saturated heterocycles. The van der Waals surface area contributed by atoms with Crippen molar-refractivity contribution in [2.45, 2.75) is 39.2 Å². The van der Waals surface area contributed by atoms with Gasteiger partial charge in [-0.15, -0.1) is 0 Å². The number of benzene rings is 1. The molecule has 1 aromatic carbocycles. The van der Waals surface area contributed by atoms with Gasteiger partial charge in [-0.3, -0.25) is 9.59 Å². The van der Waals surface area contributed by atoms with Crippen LogP contribution in [0.1, 0.15) is 43.5 Å². The van der Waals surface area contributed by atoms with E-state index in [1.165, 1.54) is 0 Å². The van der Waals surface area contributed by atoms with Gasteiger partial charge >= 0.3 is 0 Å². The van der Waals surface area contributed by atoms with Gasteiger partial charge in [0.05, 0.1) is 0 Å². The first kappa shape index (κ1) is 17.5. The van der Waals surface area contributed by atoms with Gasteiger partial charge in [0.1, 0.15) is 0 Å². The smallest absolute Gasteiger partial charge is 0.253 e. The number of nitrogens with one attached hydrogen (secondary N) is 1. The number of hydrogen-bond donors (Lipinski definition) is 2. The van der Waals surface area contributed by atoms with Crippen molar-refractivity contribution in [3.05, 3.63) is 29.8 Å². The Morgan fingerprint density at radius 1 is 1.26 bits per heavy atom. The van der Waals surface area contributed by atoms with Crippen LogP contribution in [0.25, 0.3) is 0 Å². The number of carbonyl (C=O) groups is 2. The predicted octanol–water partition coefficient (Wildman–Crippen LogP) is 2.48. The third kappa shape index (κ3) is 5.06. The highest BCUT2D eigenvalue weighted by molar-refractivity contribution is 5.96. The van der Waals surface area contributed by atoms with Crippen molar-refractivity contribution in [3.8, 4) is 0 Å². The number of rotatable bonds is 7. The number of hydrogen-bond acceptors (Lipinski definition) is 3. The summed E-state index contributed by atoms with van der Waals surface area (Å²) in [6.07, 6.45) is 2.74. The molecule has 3 N–H and O–H groups in total. The molecule has 1 saturated carbocycles. The van der Waals surface area contributed by atoms with Crippen molar-refractivity contribution >= 4 is 17.5 Å². The standard InChI is InChI=1S/C18H27N3O2/c1-12(2)16(19)10-11-21(3)18(23)14-6-8-15(9-7-14)20-17(22)13-4-5-13/h6-9,12-13,16H,4-5,10-11,19H2,1-3H3,(H,20,22). The van der Waals surface area contributed by atoms with Gasteiger partial charge in [0.15, 0.2) is 0 Å². The molecule has 0 heterocycles. The number of anilines is 1. The second kappa shape index (κ2) is 7.59. The maximum Gasteiger partial charge on any atom is 0.253 e. The zero-order valence-corrected chi connectivity index (χ0v) is 14.2. The van der Waals surface area contributed by atoms with Crippen LogP contribution in [-0.4, -0.2) is 36.3 Å². The molecule has 2 amide bonds. The zero-order chi connectivity index (χ0) is 17.0. The Morgan fingerprint density at radius 3 is 2.39 bits per heavy atom. The molecule has 2 rings (SSSR count). The van der Waals surface area contributed by atoms with E-state index in [-0.39, 0.29) is 23.8 Å². The van der Waals surface area contributed by atoms with E-state index in [1.807, 2.05) is 0 Å². The van der Waals surface area contributed by atoms with Crippen LogP contribution in [0.4, 0.5) is 5.69 Å². The fourth-order valence-electron chi connectivity index (χ4n) is 2.28. The van der Waals surface area contributed by atoms with Gasteiger partial charge in [0, 0.05) is 36.8 Å². The molecule has 0 aliphatic heterocycles. The summed E-state index contributed by atoms with van der Waals surface area (Å²) in [5.74, 6) is 0.630. The minimum atomic E-state index is -0.0268. The Bertz CT molecular complexity index is 550. The average molecular weight is 317 g/mol. The normalized spacial score (nSPS) is 15.3. The van der Waals surface area contributed by atoms with E-state index in [2.05, 4.69) is 19.2 Å². The van der Waals surface area contributed by atoms with Crippen molar-refractivity contribution in [1.82, 2.24) is 4.90 Å². The second-order valence-corrected chi connectivity index (χ2v) is 6.76. The van der Waals surface area contributed by atoms with Crippen molar-refractivity contribution < 1.29 is 9.59 Å². The van der Waals surface area contributed by atoms with Crippen molar-refractivity contribution in [2.75, 3.05) is 18.9 Å². The van der Waals surface area contributed by atoms with E-state index in [9.17, 15) is 9.59 Å². The first-order chi connectivity index (χ1) is 10.9. The fraction of sp³-hybridized carbons (Fsp3) is 0.556. The highest BCUT2D eigenvalue weighted by atomic mass is 16.2. The van der Waals surface area contributed by atoms with E-state index in [1.54, 1.807) is 36.2 Å². The molecule has 1 atom stereocenters. The van der Waals surface area contributed by atoms with Gasteiger partial charge in [-0.05, 0) is 49.4 Å². The monoisotopic (exact) mass is 317 g/mol. The van der Waals surface area contributed by atoms with E-state index in [4.69, 9.17) is 5.73 Å². The summed E-state index contributed by atoms with van der Waals surface area (Å²) >= 11 is 0. The summed E-state index contributed by atoms with van der Waals surface area (Å²) in [6, 6.07) is 7.17. The lowest BCUT2D eigenvalue weighted by molar-refractivity contribution is -0.117. The third-order valence-electron chi connectivity index (χ3n) is 4.35. The summed E-state index contributed by atoms with van der Waals surface area (Å²) in [4.78, 5) is 25.8. The number of amides is 2. The molecule has 126 valence electrons. The van der Waals surface area contributed by atoms with Crippen LogP contribution < -0.4 is 11.1 Å². The maximum atomic E-state index is 12.4. The number of nitrogens with zero attached hydrogens (tertiary/aromatic N) is 1. The molecule has 23 heavy (non-hydrogen) atoms. The van der Waals surface area contributed by atoms with Gasteiger partial charge in [-0.1, -0.05) is 13.8 Å². The largest absolute Gasteiger partial charge is 0.342 e. The van der Waals surface area contributed by atoms with Crippen LogP contribution in [0, 0.1) is 11.8 Å². The van der Waals surface area contributed by atoms with Gasteiger partial charge in [-0.2, -0.15) is 0 Å². The van der Waals surface area contributed by atoms with E-state index in [0.717, 1.165) is 24.9 Å². The van der Waals surface area contributed by atoms with Gasteiger partial charge < -0.3 is 16.0 Å². The van der Waals surface area contributed by atoms with E-state index < -0.39 is 0 Å². The topological polar surface area (TPSA) is 75.4 Å². The van der Waals surface area contributed by atoms with Gasteiger partial charge in [-0.25, -0.2) is 0 Å². The van der Waals surface area contributed by atoms with Crippen LogP contribution in [0.5, 0.6) is 0 Å². The molecule has 1 aromatic rings.